The van der Waals surface area contributed by atoms with Gasteiger partial charge in [0.05, 0.1) is 16.6 Å². The lowest BCUT2D eigenvalue weighted by Gasteiger charge is -2.13. The average molecular weight is 585 g/mol. The summed E-state index contributed by atoms with van der Waals surface area (Å²) in [5.41, 5.74) is 8.41. The molecule has 2 aromatic heterocycles. The molecule has 214 valence electrons. The van der Waals surface area contributed by atoms with Gasteiger partial charge in [-0.1, -0.05) is 115 Å². The normalized spacial score (nSPS) is 11.9. The highest BCUT2D eigenvalue weighted by Crippen LogP contribution is 2.39. The fraction of sp³-hybridized carbons (Fsp3) is 0. The number of hydrogen-bond donors (Lipinski definition) is 0. The third-order valence-electron chi connectivity index (χ3n) is 9.72. The molecule has 2 nitrogen and oxygen atoms in total. The smallest absolute Gasteiger partial charge is 0.0635 e. The third kappa shape index (κ3) is 3.59. The standard InChI is InChI=1S/C44H28N2/c1-2-12-31(13-3-1)46-43-20-9-8-19-38(43)39-23-24-42-40(44(39)46)25-26-45(42)32-14-10-11-29(27-32)30-21-22-37-35-17-5-4-15-33(35)34-16-6-7-18-36(34)41(37)28-30/h1-28H. The third-order valence-corrected chi connectivity index (χ3v) is 9.72. The second-order valence-electron chi connectivity index (χ2n) is 12.2. The maximum atomic E-state index is 2.41. The summed E-state index contributed by atoms with van der Waals surface area (Å²) in [5, 5.41) is 11.6. The van der Waals surface area contributed by atoms with Gasteiger partial charge in [-0.15, -0.1) is 0 Å². The van der Waals surface area contributed by atoms with Gasteiger partial charge in [0.25, 0.3) is 0 Å². The van der Waals surface area contributed by atoms with Crippen LogP contribution in [0, 0.1) is 0 Å². The van der Waals surface area contributed by atoms with Gasteiger partial charge in [-0.25, -0.2) is 0 Å². The highest BCUT2D eigenvalue weighted by molar-refractivity contribution is 6.25. The SMILES string of the molecule is c1ccc(-n2c3ccccc3c3ccc4c(ccn4-c4cccc(-c5ccc6c7ccccc7c7ccccc7c6c5)c4)c32)cc1. The fourth-order valence-corrected chi connectivity index (χ4v) is 7.67. The van der Waals surface area contributed by atoms with E-state index in [1.165, 1.54) is 81.8 Å². The molecule has 0 radical (unpaired) electrons. The molecule has 0 spiro atoms. The van der Waals surface area contributed by atoms with Crippen molar-refractivity contribution < 1.29 is 0 Å². The number of para-hydroxylation sites is 2. The molecule has 10 aromatic rings. The van der Waals surface area contributed by atoms with Gasteiger partial charge in [-0.05, 0) is 92.0 Å². The summed E-state index contributed by atoms with van der Waals surface area (Å²) in [4.78, 5) is 0. The first kappa shape index (κ1) is 25.2. The molecule has 0 saturated heterocycles. The molecule has 0 unspecified atom stereocenters. The number of aromatic nitrogens is 2. The number of rotatable bonds is 3. The first-order chi connectivity index (χ1) is 22.8. The quantitative estimate of drug-likeness (QED) is 0.183. The summed E-state index contributed by atoms with van der Waals surface area (Å²) in [7, 11) is 0. The maximum Gasteiger partial charge on any atom is 0.0635 e. The predicted molar refractivity (Wildman–Crippen MR) is 196 cm³/mol. The molecule has 0 saturated carbocycles. The van der Waals surface area contributed by atoms with Crippen LogP contribution in [-0.2, 0) is 0 Å². The zero-order valence-electron chi connectivity index (χ0n) is 25.1. The highest BCUT2D eigenvalue weighted by Gasteiger charge is 2.17. The van der Waals surface area contributed by atoms with Crippen molar-refractivity contribution in [2.75, 3.05) is 0 Å². The van der Waals surface area contributed by atoms with Crippen LogP contribution in [0.5, 0.6) is 0 Å². The molecule has 0 fully saturated rings. The van der Waals surface area contributed by atoms with Crippen LogP contribution in [0.15, 0.2) is 170 Å². The van der Waals surface area contributed by atoms with E-state index in [2.05, 4.69) is 179 Å². The average Bonchev–Trinajstić information content (AvgIpc) is 3.72. The minimum Gasteiger partial charge on any atom is -0.316 e. The van der Waals surface area contributed by atoms with E-state index < -0.39 is 0 Å². The van der Waals surface area contributed by atoms with E-state index in [4.69, 9.17) is 0 Å². The van der Waals surface area contributed by atoms with E-state index in [1.54, 1.807) is 0 Å². The lowest BCUT2D eigenvalue weighted by molar-refractivity contribution is 1.13. The highest BCUT2D eigenvalue weighted by atomic mass is 15.0. The zero-order chi connectivity index (χ0) is 30.2. The van der Waals surface area contributed by atoms with Crippen LogP contribution >= 0.6 is 0 Å². The van der Waals surface area contributed by atoms with Crippen LogP contribution < -0.4 is 0 Å². The Bertz CT molecular complexity index is 2760. The molecule has 0 amide bonds. The molecular weight excluding hydrogens is 556 g/mol. The van der Waals surface area contributed by atoms with Crippen molar-refractivity contribution in [3.63, 3.8) is 0 Å². The van der Waals surface area contributed by atoms with E-state index in [1.807, 2.05) is 0 Å². The number of nitrogens with zero attached hydrogens (tertiary/aromatic N) is 2. The summed E-state index contributed by atoms with van der Waals surface area (Å²) < 4.78 is 4.74. The maximum absolute atomic E-state index is 2.41. The largest absolute Gasteiger partial charge is 0.316 e. The van der Waals surface area contributed by atoms with Crippen LogP contribution in [0.25, 0.3) is 87.5 Å². The Morgan fingerprint density at radius 2 is 0.891 bits per heavy atom. The Labute approximate surface area is 266 Å². The van der Waals surface area contributed by atoms with Crippen molar-refractivity contribution in [1.82, 2.24) is 9.13 Å². The second-order valence-corrected chi connectivity index (χ2v) is 12.2. The van der Waals surface area contributed by atoms with Gasteiger partial charge in [0.15, 0.2) is 0 Å². The van der Waals surface area contributed by atoms with Gasteiger partial charge < -0.3 is 9.13 Å². The molecule has 0 atom stereocenters. The molecule has 10 rings (SSSR count). The van der Waals surface area contributed by atoms with Crippen LogP contribution in [0.3, 0.4) is 0 Å². The molecular formula is C44H28N2. The lowest BCUT2D eigenvalue weighted by Crippen LogP contribution is -1.95. The molecule has 2 heteroatoms. The monoisotopic (exact) mass is 584 g/mol. The van der Waals surface area contributed by atoms with Crippen LogP contribution in [0.2, 0.25) is 0 Å². The Hall–Kier alpha value is -6.12. The number of benzene rings is 8. The molecule has 0 bridgehead atoms. The van der Waals surface area contributed by atoms with Gasteiger partial charge in [0.1, 0.15) is 0 Å². The lowest BCUT2D eigenvalue weighted by atomic mass is 9.92. The minimum atomic E-state index is 1.15. The summed E-state index contributed by atoms with van der Waals surface area (Å²) in [6.45, 7) is 0. The summed E-state index contributed by atoms with van der Waals surface area (Å²) >= 11 is 0. The van der Waals surface area contributed by atoms with Crippen molar-refractivity contribution in [3.05, 3.63) is 170 Å². The predicted octanol–water partition coefficient (Wildman–Crippen LogP) is 11.9. The van der Waals surface area contributed by atoms with Gasteiger partial charge in [-0.3, -0.25) is 0 Å². The zero-order valence-corrected chi connectivity index (χ0v) is 25.1. The second kappa shape index (κ2) is 9.69. The minimum absolute atomic E-state index is 1.15. The van der Waals surface area contributed by atoms with Crippen LogP contribution in [0.1, 0.15) is 0 Å². The van der Waals surface area contributed by atoms with E-state index in [0.717, 1.165) is 5.69 Å². The van der Waals surface area contributed by atoms with Crippen LogP contribution in [0.4, 0.5) is 0 Å². The number of hydrogen-bond acceptors (Lipinski definition) is 0. The Morgan fingerprint density at radius 1 is 0.304 bits per heavy atom. The first-order valence-corrected chi connectivity index (χ1v) is 15.9. The Balaban J connectivity index is 1.16. The topological polar surface area (TPSA) is 9.86 Å². The summed E-state index contributed by atoms with van der Waals surface area (Å²) in [6, 6.07) is 59.7. The van der Waals surface area contributed by atoms with Gasteiger partial charge in [-0.2, -0.15) is 0 Å². The number of fused-ring (bicyclic) bond motifs is 11. The van der Waals surface area contributed by atoms with Gasteiger partial charge in [0, 0.05) is 33.7 Å². The van der Waals surface area contributed by atoms with Gasteiger partial charge in [0.2, 0.25) is 0 Å². The molecule has 0 N–H and O–H groups in total. The fourth-order valence-electron chi connectivity index (χ4n) is 7.67. The van der Waals surface area contributed by atoms with E-state index >= 15 is 0 Å². The van der Waals surface area contributed by atoms with Gasteiger partial charge >= 0.3 is 0 Å². The summed E-state index contributed by atoms with van der Waals surface area (Å²) in [5.74, 6) is 0. The molecule has 46 heavy (non-hydrogen) atoms. The molecule has 0 aliphatic rings. The van der Waals surface area contributed by atoms with Crippen molar-refractivity contribution >= 4 is 65.0 Å². The van der Waals surface area contributed by atoms with E-state index in [9.17, 15) is 0 Å². The molecule has 0 aliphatic carbocycles. The van der Waals surface area contributed by atoms with E-state index in [-0.39, 0.29) is 0 Å². The molecule has 2 heterocycles. The molecule has 8 aromatic carbocycles. The van der Waals surface area contributed by atoms with E-state index in [0.29, 0.717) is 0 Å². The summed E-state index contributed by atoms with van der Waals surface area (Å²) in [6.07, 6.45) is 2.22. The van der Waals surface area contributed by atoms with Crippen molar-refractivity contribution in [2.24, 2.45) is 0 Å². The van der Waals surface area contributed by atoms with Crippen molar-refractivity contribution in [1.29, 1.82) is 0 Å². The van der Waals surface area contributed by atoms with Crippen molar-refractivity contribution in [2.45, 2.75) is 0 Å². The Morgan fingerprint density at radius 3 is 1.65 bits per heavy atom. The molecule has 0 aliphatic heterocycles. The van der Waals surface area contributed by atoms with Crippen molar-refractivity contribution in [3.8, 4) is 22.5 Å². The van der Waals surface area contributed by atoms with Crippen LogP contribution in [-0.4, -0.2) is 9.13 Å². The first-order valence-electron chi connectivity index (χ1n) is 15.9. The Kier molecular flexibility index (Phi) is 5.31.